The SMILES string of the molecule is CC(C)CCNc1nc2ccc(F)cn2n1. The molecule has 0 aliphatic rings. The minimum atomic E-state index is -0.314. The summed E-state index contributed by atoms with van der Waals surface area (Å²) in [5, 5.41) is 7.24. The molecule has 0 fully saturated rings. The first-order valence-corrected chi connectivity index (χ1v) is 5.41. The molecule has 0 saturated heterocycles. The van der Waals surface area contributed by atoms with Crippen molar-refractivity contribution < 1.29 is 4.39 Å². The van der Waals surface area contributed by atoms with Gasteiger partial charge in [0.1, 0.15) is 5.82 Å². The molecule has 0 bridgehead atoms. The Balaban J connectivity index is 2.08. The molecule has 86 valence electrons. The topological polar surface area (TPSA) is 42.2 Å². The van der Waals surface area contributed by atoms with Gasteiger partial charge in [0.05, 0.1) is 6.20 Å². The van der Waals surface area contributed by atoms with Crippen LogP contribution in [-0.2, 0) is 0 Å². The Kier molecular flexibility index (Phi) is 3.03. The molecule has 0 aromatic carbocycles. The minimum absolute atomic E-state index is 0.314. The van der Waals surface area contributed by atoms with E-state index >= 15 is 0 Å². The molecule has 2 aromatic heterocycles. The van der Waals surface area contributed by atoms with Crippen molar-refractivity contribution >= 4 is 11.6 Å². The lowest BCUT2D eigenvalue weighted by atomic mass is 10.1. The Labute approximate surface area is 93.5 Å². The fourth-order valence-electron chi connectivity index (χ4n) is 1.41. The number of fused-ring (bicyclic) bond motifs is 1. The number of nitrogens with zero attached hydrogens (tertiary/aromatic N) is 3. The van der Waals surface area contributed by atoms with Crippen molar-refractivity contribution in [1.82, 2.24) is 14.6 Å². The molecule has 4 nitrogen and oxygen atoms in total. The van der Waals surface area contributed by atoms with Crippen molar-refractivity contribution in [3.05, 3.63) is 24.1 Å². The normalized spacial score (nSPS) is 11.2. The van der Waals surface area contributed by atoms with Gasteiger partial charge in [0.2, 0.25) is 5.95 Å². The molecule has 0 saturated carbocycles. The van der Waals surface area contributed by atoms with Gasteiger partial charge in [-0.05, 0) is 24.5 Å². The van der Waals surface area contributed by atoms with Gasteiger partial charge < -0.3 is 5.32 Å². The molecule has 2 rings (SSSR count). The van der Waals surface area contributed by atoms with Gasteiger partial charge in [-0.2, -0.15) is 4.98 Å². The summed E-state index contributed by atoms with van der Waals surface area (Å²) in [6.45, 7) is 5.15. The molecule has 0 spiro atoms. The van der Waals surface area contributed by atoms with E-state index in [0.29, 0.717) is 17.5 Å². The van der Waals surface area contributed by atoms with Crippen LogP contribution < -0.4 is 5.32 Å². The molecule has 5 heteroatoms. The zero-order valence-electron chi connectivity index (χ0n) is 9.44. The number of halogens is 1. The monoisotopic (exact) mass is 222 g/mol. The molecule has 0 aliphatic heterocycles. The van der Waals surface area contributed by atoms with E-state index < -0.39 is 0 Å². The predicted molar refractivity (Wildman–Crippen MR) is 60.9 cm³/mol. The van der Waals surface area contributed by atoms with E-state index in [1.165, 1.54) is 16.8 Å². The van der Waals surface area contributed by atoms with E-state index in [9.17, 15) is 4.39 Å². The Morgan fingerprint density at radius 3 is 3.00 bits per heavy atom. The summed E-state index contributed by atoms with van der Waals surface area (Å²) in [6.07, 6.45) is 2.37. The van der Waals surface area contributed by atoms with Crippen molar-refractivity contribution in [2.45, 2.75) is 20.3 Å². The molecule has 2 aromatic rings. The second kappa shape index (κ2) is 4.47. The Morgan fingerprint density at radius 1 is 1.44 bits per heavy atom. The number of rotatable bonds is 4. The molecule has 1 N–H and O–H groups in total. The van der Waals surface area contributed by atoms with Crippen LogP contribution >= 0.6 is 0 Å². The van der Waals surface area contributed by atoms with E-state index in [-0.39, 0.29) is 5.82 Å². The van der Waals surface area contributed by atoms with Gasteiger partial charge in [-0.3, -0.25) is 0 Å². The van der Waals surface area contributed by atoms with E-state index in [1.807, 2.05) is 0 Å². The summed E-state index contributed by atoms with van der Waals surface area (Å²) >= 11 is 0. The van der Waals surface area contributed by atoms with Crippen LogP contribution in [0.1, 0.15) is 20.3 Å². The highest BCUT2D eigenvalue weighted by Crippen LogP contribution is 2.07. The summed E-state index contributed by atoms with van der Waals surface area (Å²) in [7, 11) is 0. The second-order valence-corrected chi connectivity index (χ2v) is 4.19. The molecule has 0 radical (unpaired) electrons. The van der Waals surface area contributed by atoms with Crippen molar-refractivity contribution in [2.75, 3.05) is 11.9 Å². The molecule has 0 aliphatic carbocycles. The molecular formula is C11H15FN4. The molecule has 0 atom stereocenters. The first kappa shape index (κ1) is 10.9. The van der Waals surface area contributed by atoms with Crippen LogP contribution in [0.3, 0.4) is 0 Å². The summed E-state index contributed by atoms with van der Waals surface area (Å²) in [5.41, 5.74) is 0.647. The number of pyridine rings is 1. The van der Waals surface area contributed by atoms with E-state index in [2.05, 4.69) is 29.2 Å². The summed E-state index contributed by atoms with van der Waals surface area (Å²) < 4.78 is 14.3. The lowest BCUT2D eigenvalue weighted by Gasteiger charge is -2.03. The third kappa shape index (κ3) is 2.48. The van der Waals surface area contributed by atoms with Crippen molar-refractivity contribution in [3.8, 4) is 0 Å². The maximum Gasteiger partial charge on any atom is 0.243 e. The number of aromatic nitrogens is 3. The van der Waals surface area contributed by atoms with Gasteiger partial charge in [-0.25, -0.2) is 8.91 Å². The highest BCUT2D eigenvalue weighted by Gasteiger charge is 2.03. The van der Waals surface area contributed by atoms with E-state index in [1.54, 1.807) is 6.07 Å². The average Bonchev–Trinajstić information content (AvgIpc) is 2.58. The third-order valence-electron chi connectivity index (χ3n) is 2.30. The molecule has 16 heavy (non-hydrogen) atoms. The Hall–Kier alpha value is -1.65. The molecular weight excluding hydrogens is 207 g/mol. The van der Waals surface area contributed by atoms with Gasteiger partial charge in [-0.15, -0.1) is 5.10 Å². The summed E-state index contributed by atoms with van der Waals surface area (Å²) in [6, 6.07) is 2.98. The maximum atomic E-state index is 12.9. The van der Waals surface area contributed by atoms with Crippen molar-refractivity contribution in [3.63, 3.8) is 0 Å². The molecule has 2 heterocycles. The summed E-state index contributed by atoms with van der Waals surface area (Å²) in [5.74, 6) is 0.874. The van der Waals surface area contributed by atoms with Gasteiger partial charge in [0.25, 0.3) is 0 Å². The second-order valence-electron chi connectivity index (χ2n) is 4.19. The fraction of sp³-hybridized carbons (Fsp3) is 0.455. The van der Waals surface area contributed by atoms with Crippen LogP contribution in [0.2, 0.25) is 0 Å². The highest BCUT2D eigenvalue weighted by atomic mass is 19.1. The fourth-order valence-corrected chi connectivity index (χ4v) is 1.41. The predicted octanol–water partition coefficient (Wildman–Crippen LogP) is 2.33. The zero-order valence-corrected chi connectivity index (χ0v) is 9.44. The van der Waals surface area contributed by atoms with Gasteiger partial charge in [0.15, 0.2) is 5.65 Å². The van der Waals surface area contributed by atoms with Crippen molar-refractivity contribution in [2.24, 2.45) is 5.92 Å². The molecule has 0 amide bonds. The summed E-state index contributed by atoms with van der Waals surface area (Å²) in [4.78, 5) is 4.22. The third-order valence-corrected chi connectivity index (χ3v) is 2.30. The first-order valence-electron chi connectivity index (χ1n) is 5.41. The number of hydrogen-bond acceptors (Lipinski definition) is 3. The van der Waals surface area contributed by atoms with Gasteiger partial charge in [-0.1, -0.05) is 13.8 Å². The zero-order chi connectivity index (χ0) is 11.5. The highest BCUT2D eigenvalue weighted by molar-refractivity contribution is 5.42. The quantitative estimate of drug-likeness (QED) is 0.863. The largest absolute Gasteiger partial charge is 0.353 e. The van der Waals surface area contributed by atoms with Crippen molar-refractivity contribution in [1.29, 1.82) is 0 Å². The molecule has 0 unspecified atom stereocenters. The van der Waals surface area contributed by atoms with Gasteiger partial charge in [0, 0.05) is 6.54 Å². The lowest BCUT2D eigenvalue weighted by Crippen LogP contribution is -2.06. The lowest BCUT2D eigenvalue weighted by molar-refractivity contribution is 0.605. The van der Waals surface area contributed by atoms with E-state index in [4.69, 9.17) is 0 Å². The van der Waals surface area contributed by atoms with E-state index in [0.717, 1.165) is 13.0 Å². The Bertz CT molecular complexity index is 478. The first-order chi connectivity index (χ1) is 7.65. The van der Waals surface area contributed by atoms with Crippen LogP contribution in [0, 0.1) is 11.7 Å². The Morgan fingerprint density at radius 2 is 2.25 bits per heavy atom. The van der Waals surface area contributed by atoms with Crippen LogP contribution in [0.25, 0.3) is 5.65 Å². The number of anilines is 1. The van der Waals surface area contributed by atoms with Crippen LogP contribution in [0.5, 0.6) is 0 Å². The van der Waals surface area contributed by atoms with Crippen LogP contribution in [-0.4, -0.2) is 21.1 Å². The average molecular weight is 222 g/mol. The van der Waals surface area contributed by atoms with Crippen LogP contribution in [0.4, 0.5) is 10.3 Å². The van der Waals surface area contributed by atoms with Crippen LogP contribution in [0.15, 0.2) is 18.3 Å². The number of hydrogen-bond donors (Lipinski definition) is 1. The standard InChI is InChI=1S/C11H15FN4/c1-8(2)5-6-13-11-14-10-4-3-9(12)7-16(10)15-11/h3-4,7-8H,5-6H2,1-2H3,(H,13,15). The number of nitrogens with one attached hydrogen (secondary N) is 1. The maximum absolute atomic E-state index is 12.9. The smallest absolute Gasteiger partial charge is 0.243 e. The van der Waals surface area contributed by atoms with Gasteiger partial charge >= 0.3 is 0 Å². The minimum Gasteiger partial charge on any atom is -0.353 e.